The zero-order valence-electron chi connectivity index (χ0n) is 17.2. The number of ether oxygens (including phenoxy) is 2. The van der Waals surface area contributed by atoms with Crippen LogP contribution in [0.15, 0.2) is 30.3 Å². The van der Waals surface area contributed by atoms with Crippen molar-refractivity contribution in [1.82, 2.24) is 4.90 Å². The fraction of sp³-hybridized carbons (Fsp3) is 0.682. The van der Waals surface area contributed by atoms with Crippen LogP contribution in [-0.2, 0) is 14.3 Å². The molecule has 1 aromatic carbocycles. The lowest BCUT2D eigenvalue weighted by Gasteiger charge is -2.31. The van der Waals surface area contributed by atoms with E-state index in [1.165, 1.54) is 5.69 Å². The highest BCUT2D eigenvalue weighted by Gasteiger charge is 2.26. The molecule has 0 N–H and O–H groups in total. The second-order valence-electron chi connectivity index (χ2n) is 7.68. The Kier molecular flexibility index (Phi) is 9.64. The van der Waals surface area contributed by atoms with Gasteiger partial charge in [0.05, 0.1) is 25.7 Å². The molecule has 0 unspecified atom stereocenters. The summed E-state index contributed by atoms with van der Waals surface area (Å²) in [4.78, 5) is 16.7. The monoisotopic (exact) mass is 376 g/mol. The van der Waals surface area contributed by atoms with Crippen molar-refractivity contribution >= 4 is 11.7 Å². The minimum atomic E-state index is -0.0460. The maximum Gasteiger partial charge on any atom is 0.310 e. The third-order valence-electron chi connectivity index (χ3n) is 4.89. The van der Waals surface area contributed by atoms with Gasteiger partial charge in [-0.3, -0.25) is 4.79 Å². The van der Waals surface area contributed by atoms with Crippen LogP contribution in [0, 0.1) is 11.8 Å². The van der Waals surface area contributed by atoms with Crippen molar-refractivity contribution in [3.05, 3.63) is 30.3 Å². The van der Waals surface area contributed by atoms with Gasteiger partial charge in [0.25, 0.3) is 0 Å². The van der Waals surface area contributed by atoms with Gasteiger partial charge in [0.15, 0.2) is 0 Å². The fourth-order valence-electron chi connectivity index (χ4n) is 3.59. The Hall–Kier alpha value is -1.59. The maximum atomic E-state index is 11.9. The normalized spacial score (nSPS) is 17.9. The van der Waals surface area contributed by atoms with Crippen LogP contribution in [0.4, 0.5) is 5.69 Å². The van der Waals surface area contributed by atoms with Crippen LogP contribution >= 0.6 is 0 Å². The number of nitrogens with zero attached hydrogens (tertiary/aromatic N) is 2. The quantitative estimate of drug-likeness (QED) is 0.437. The van der Waals surface area contributed by atoms with Crippen LogP contribution in [0.1, 0.15) is 33.6 Å². The van der Waals surface area contributed by atoms with E-state index in [4.69, 9.17) is 9.47 Å². The van der Waals surface area contributed by atoms with Gasteiger partial charge in [0, 0.05) is 31.9 Å². The first-order valence-electron chi connectivity index (χ1n) is 10.4. The van der Waals surface area contributed by atoms with Crippen LogP contribution in [0.25, 0.3) is 0 Å². The van der Waals surface area contributed by atoms with Crippen molar-refractivity contribution in [2.75, 3.05) is 57.4 Å². The van der Waals surface area contributed by atoms with Gasteiger partial charge in [0.2, 0.25) is 0 Å². The zero-order chi connectivity index (χ0) is 19.5. The molecule has 1 aromatic rings. The van der Waals surface area contributed by atoms with E-state index < -0.39 is 0 Å². The fourth-order valence-corrected chi connectivity index (χ4v) is 3.59. The van der Waals surface area contributed by atoms with Crippen LogP contribution in [0.2, 0.25) is 0 Å². The van der Waals surface area contributed by atoms with E-state index in [0.717, 1.165) is 52.2 Å². The Morgan fingerprint density at radius 2 is 2.04 bits per heavy atom. The summed E-state index contributed by atoms with van der Waals surface area (Å²) in [6, 6.07) is 10.5. The lowest BCUT2D eigenvalue weighted by Crippen LogP contribution is -2.41. The van der Waals surface area contributed by atoms with E-state index >= 15 is 0 Å². The van der Waals surface area contributed by atoms with Crippen molar-refractivity contribution in [3.63, 3.8) is 0 Å². The van der Waals surface area contributed by atoms with E-state index in [0.29, 0.717) is 19.1 Å². The molecular formula is C22H36N2O3. The topological polar surface area (TPSA) is 42.0 Å². The standard InChI is InChI=1S/C22H36N2O3/c1-4-27-22(25)20-9-8-12-23(18-20)13-15-26-16-14-24(17-19(2)3)21-10-6-5-7-11-21/h5-7,10-11,19-20H,4,8-9,12-18H2,1-3H3/t20-/m1/s1. The molecule has 0 amide bonds. The number of hydrogen-bond donors (Lipinski definition) is 0. The highest BCUT2D eigenvalue weighted by molar-refractivity contribution is 5.72. The third kappa shape index (κ3) is 7.89. The molecule has 0 aliphatic carbocycles. The summed E-state index contributed by atoms with van der Waals surface area (Å²) in [6.07, 6.45) is 2.00. The van der Waals surface area contributed by atoms with Gasteiger partial charge in [-0.1, -0.05) is 32.0 Å². The molecule has 1 aliphatic heterocycles. The van der Waals surface area contributed by atoms with Gasteiger partial charge < -0.3 is 19.3 Å². The number of hydrogen-bond acceptors (Lipinski definition) is 5. The van der Waals surface area contributed by atoms with E-state index in [9.17, 15) is 4.79 Å². The Morgan fingerprint density at radius 3 is 2.74 bits per heavy atom. The second-order valence-corrected chi connectivity index (χ2v) is 7.68. The molecule has 152 valence electrons. The lowest BCUT2D eigenvalue weighted by atomic mass is 9.98. The molecule has 1 heterocycles. The zero-order valence-corrected chi connectivity index (χ0v) is 17.2. The van der Waals surface area contributed by atoms with Crippen molar-refractivity contribution in [3.8, 4) is 0 Å². The van der Waals surface area contributed by atoms with E-state index in [-0.39, 0.29) is 11.9 Å². The molecule has 5 heteroatoms. The SMILES string of the molecule is CCOC(=O)[C@@H]1CCCN(CCOCCN(CC(C)C)c2ccccc2)C1. The minimum Gasteiger partial charge on any atom is -0.466 e. The summed E-state index contributed by atoms with van der Waals surface area (Å²) in [6.45, 7) is 12.9. The van der Waals surface area contributed by atoms with Gasteiger partial charge >= 0.3 is 5.97 Å². The number of benzene rings is 1. The molecular weight excluding hydrogens is 340 g/mol. The highest BCUT2D eigenvalue weighted by Crippen LogP contribution is 2.18. The van der Waals surface area contributed by atoms with Gasteiger partial charge in [-0.2, -0.15) is 0 Å². The summed E-state index contributed by atoms with van der Waals surface area (Å²) < 4.78 is 11.1. The number of para-hydroxylation sites is 1. The molecule has 0 spiro atoms. The molecule has 1 saturated heterocycles. The third-order valence-corrected chi connectivity index (χ3v) is 4.89. The molecule has 0 saturated carbocycles. The smallest absolute Gasteiger partial charge is 0.310 e. The van der Waals surface area contributed by atoms with Gasteiger partial charge in [-0.15, -0.1) is 0 Å². The average Bonchev–Trinajstić information content (AvgIpc) is 2.67. The predicted octanol–water partition coefficient (Wildman–Crippen LogP) is 3.44. The largest absolute Gasteiger partial charge is 0.466 e. The van der Waals surface area contributed by atoms with Crippen molar-refractivity contribution in [2.45, 2.75) is 33.6 Å². The molecule has 27 heavy (non-hydrogen) atoms. The number of carbonyl (C=O) groups excluding carboxylic acids is 1. The van der Waals surface area contributed by atoms with E-state index in [1.807, 2.05) is 6.92 Å². The number of anilines is 1. The van der Waals surface area contributed by atoms with Gasteiger partial charge in [0.1, 0.15) is 0 Å². The number of carbonyl (C=O) groups is 1. The summed E-state index contributed by atoms with van der Waals surface area (Å²) in [5, 5.41) is 0. The summed E-state index contributed by atoms with van der Waals surface area (Å²) >= 11 is 0. The van der Waals surface area contributed by atoms with Gasteiger partial charge in [-0.25, -0.2) is 0 Å². The molecule has 2 rings (SSSR count). The second kappa shape index (κ2) is 12.0. The predicted molar refractivity (Wildman–Crippen MR) is 110 cm³/mol. The van der Waals surface area contributed by atoms with Crippen LogP contribution in [0.3, 0.4) is 0 Å². The molecule has 1 atom stereocenters. The average molecular weight is 377 g/mol. The molecule has 5 nitrogen and oxygen atoms in total. The number of rotatable bonds is 11. The number of esters is 1. The van der Waals surface area contributed by atoms with Crippen molar-refractivity contribution in [1.29, 1.82) is 0 Å². The van der Waals surface area contributed by atoms with Crippen molar-refractivity contribution in [2.24, 2.45) is 11.8 Å². The van der Waals surface area contributed by atoms with Crippen LogP contribution in [0.5, 0.6) is 0 Å². The van der Waals surface area contributed by atoms with E-state index in [1.54, 1.807) is 0 Å². The number of likely N-dealkylation sites (tertiary alicyclic amines) is 1. The lowest BCUT2D eigenvalue weighted by molar-refractivity contribution is -0.150. The first-order valence-corrected chi connectivity index (χ1v) is 10.4. The Labute approximate surface area is 164 Å². The molecule has 0 aromatic heterocycles. The summed E-state index contributed by atoms with van der Waals surface area (Å²) in [7, 11) is 0. The Bertz CT molecular complexity index is 536. The highest BCUT2D eigenvalue weighted by atomic mass is 16.5. The Morgan fingerprint density at radius 1 is 1.26 bits per heavy atom. The maximum absolute atomic E-state index is 11.9. The molecule has 0 bridgehead atoms. The van der Waals surface area contributed by atoms with Crippen LogP contribution < -0.4 is 4.90 Å². The minimum absolute atomic E-state index is 0.0262. The number of piperidine rings is 1. The molecule has 1 aliphatic rings. The van der Waals surface area contributed by atoms with Crippen molar-refractivity contribution < 1.29 is 14.3 Å². The first kappa shape index (κ1) is 21.7. The Balaban J connectivity index is 1.68. The molecule has 1 fully saturated rings. The summed E-state index contributed by atoms with van der Waals surface area (Å²) in [5.41, 5.74) is 1.25. The van der Waals surface area contributed by atoms with E-state index in [2.05, 4.69) is 54.0 Å². The van der Waals surface area contributed by atoms with Gasteiger partial charge in [-0.05, 0) is 44.4 Å². The van der Waals surface area contributed by atoms with Crippen LogP contribution in [-0.4, -0.2) is 63.4 Å². The molecule has 0 radical (unpaired) electrons. The summed E-state index contributed by atoms with van der Waals surface area (Å²) in [5.74, 6) is 0.590. The first-order chi connectivity index (χ1) is 13.1.